The zero-order valence-electron chi connectivity index (χ0n) is 14.4. The van der Waals surface area contributed by atoms with E-state index >= 15 is 0 Å². The SMILES string of the molecule is Cc1nc(N2CCN(Cc3cccc(F)c3)CC2)c2c(C)noc2n1. The number of nitrogens with zero attached hydrogens (tertiary/aromatic N) is 5. The van der Waals surface area contributed by atoms with Crippen molar-refractivity contribution in [2.24, 2.45) is 0 Å². The van der Waals surface area contributed by atoms with Gasteiger partial charge in [-0.1, -0.05) is 17.3 Å². The molecule has 1 aliphatic heterocycles. The van der Waals surface area contributed by atoms with Crippen LogP contribution in [0.1, 0.15) is 17.1 Å². The van der Waals surface area contributed by atoms with Crippen molar-refractivity contribution in [3.05, 3.63) is 47.2 Å². The van der Waals surface area contributed by atoms with Gasteiger partial charge in [0, 0.05) is 32.7 Å². The maximum atomic E-state index is 13.3. The van der Waals surface area contributed by atoms with Crippen molar-refractivity contribution in [2.75, 3.05) is 31.1 Å². The normalized spacial score (nSPS) is 15.9. The maximum absolute atomic E-state index is 13.3. The third-order valence-electron chi connectivity index (χ3n) is 4.57. The summed E-state index contributed by atoms with van der Waals surface area (Å²) < 4.78 is 18.6. The third kappa shape index (κ3) is 3.19. The van der Waals surface area contributed by atoms with E-state index in [2.05, 4.69) is 24.9 Å². The van der Waals surface area contributed by atoms with E-state index in [1.54, 1.807) is 12.1 Å². The average Bonchev–Trinajstić information content (AvgIpc) is 2.96. The van der Waals surface area contributed by atoms with E-state index in [0.29, 0.717) is 11.5 Å². The van der Waals surface area contributed by atoms with Crippen molar-refractivity contribution < 1.29 is 8.91 Å². The van der Waals surface area contributed by atoms with Crippen LogP contribution in [0.3, 0.4) is 0 Å². The van der Waals surface area contributed by atoms with Gasteiger partial charge in [-0.15, -0.1) is 0 Å². The van der Waals surface area contributed by atoms with Crippen LogP contribution in [0.25, 0.3) is 11.1 Å². The fraction of sp³-hybridized carbons (Fsp3) is 0.389. The Kier molecular flexibility index (Phi) is 4.09. The Morgan fingerprint density at radius 2 is 1.92 bits per heavy atom. The van der Waals surface area contributed by atoms with Gasteiger partial charge in [0.1, 0.15) is 22.8 Å². The first kappa shape index (κ1) is 16.0. The number of rotatable bonds is 3. The van der Waals surface area contributed by atoms with Crippen LogP contribution in [0.5, 0.6) is 0 Å². The molecule has 0 amide bonds. The number of piperazine rings is 1. The fourth-order valence-electron chi connectivity index (χ4n) is 3.31. The number of aryl methyl sites for hydroxylation is 2. The Balaban J connectivity index is 1.50. The lowest BCUT2D eigenvalue weighted by Crippen LogP contribution is -2.46. The van der Waals surface area contributed by atoms with Gasteiger partial charge in [-0.2, -0.15) is 4.98 Å². The number of hydrogen-bond acceptors (Lipinski definition) is 6. The van der Waals surface area contributed by atoms with Crippen molar-refractivity contribution in [3.63, 3.8) is 0 Å². The smallest absolute Gasteiger partial charge is 0.263 e. The zero-order chi connectivity index (χ0) is 17.4. The number of anilines is 1. The Bertz CT molecular complexity index is 902. The van der Waals surface area contributed by atoms with Crippen molar-refractivity contribution in [1.82, 2.24) is 20.0 Å². The molecule has 0 aliphatic carbocycles. The standard InChI is InChI=1S/C18H20FN5O/c1-12-16-17(20-13(2)21-18(16)25-22-12)24-8-6-23(7-9-24)11-14-4-3-5-15(19)10-14/h3-5,10H,6-9,11H2,1-2H3. The molecule has 0 saturated carbocycles. The third-order valence-corrected chi connectivity index (χ3v) is 4.57. The van der Waals surface area contributed by atoms with E-state index in [0.717, 1.165) is 55.2 Å². The second kappa shape index (κ2) is 6.40. The van der Waals surface area contributed by atoms with Gasteiger partial charge in [-0.25, -0.2) is 9.37 Å². The highest BCUT2D eigenvalue weighted by molar-refractivity contribution is 5.88. The summed E-state index contributed by atoms with van der Waals surface area (Å²) in [7, 11) is 0. The van der Waals surface area contributed by atoms with E-state index in [4.69, 9.17) is 4.52 Å². The summed E-state index contributed by atoms with van der Waals surface area (Å²) in [6.45, 7) is 8.03. The lowest BCUT2D eigenvalue weighted by atomic mass is 10.2. The second-order valence-corrected chi connectivity index (χ2v) is 6.44. The summed E-state index contributed by atoms with van der Waals surface area (Å²) in [4.78, 5) is 13.5. The number of aromatic nitrogens is 3. The van der Waals surface area contributed by atoms with Gasteiger partial charge in [-0.05, 0) is 31.5 Å². The molecular formula is C18H20FN5O. The highest BCUT2D eigenvalue weighted by Gasteiger charge is 2.23. The van der Waals surface area contributed by atoms with Crippen LogP contribution in [-0.2, 0) is 6.54 Å². The van der Waals surface area contributed by atoms with Crippen LogP contribution < -0.4 is 4.90 Å². The lowest BCUT2D eigenvalue weighted by Gasteiger charge is -2.35. The number of fused-ring (bicyclic) bond motifs is 1. The van der Waals surface area contributed by atoms with Crippen molar-refractivity contribution in [2.45, 2.75) is 20.4 Å². The number of hydrogen-bond donors (Lipinski definition) is 0. The van der Waals surface area contributed by atoms with Crippen molar-refractivity contribution in [3.8, 4) is 0 Å². The maximum Gasteiger partial charge on any atom is 0.263 e. The molecule has 25 heavy (non-hydrogen) atoms. The summed E-state index contributed by atoms with van der Waals surface area (Å²) in [5, 5.41) is 4.91. The summed E-state index contributed by atoms with van der Waals surface area (Å²) in [6.07, 6.45) is 0. The fourth-order valence-corrected chi connectivity index (χ4v) is 3.31. The Morgan fingerprint density at radius 3 is 2.68 bits per heavy atom. The highest BCUT2D eigenvalue weighted by atomic mass is 19.1. The van der Waals surface area contributed by atoms with Gasteiger partial charge in [-0.3, -0.25) is 4.90 Å². The molecule has 0 bridgehead atoms. The second-order valence-electron chi connectivity index (χ2n) is 6.44. The predicted molar refractivity (Wildman–Crippen MR) is 93.0 cm³/mol. The lowest BCUT2D eigenvalue weighted by molar-refractivity contribution is 0.249. The highest BCUT2D eigenvalue weighted by Crippen LogP contribution is 2.27. The van der Waals surface area contributed by atoms with Crippen LogP contribution in [0.15, 0.2) is 28.8 Å². The minimum Gasteiger partial charge on any atom is -0.353 e. The molecule has 1 aliphatic rings. The molecule has 0 N–H and O–H groups in total. The number of benzene rings is 1. The molecule has 1 fully saturated rings. The van der Waals surface area contributed by atoms with Crippen LogP contribution in [0, 0.1) is 19.7 Å². The van der Waals surface area contributed by atoms with Gasteiger partial charge < -0.3 is 9.42 Å². The van der Waals surface area contributed by atoms with Gasteiger partial charge >= 0.3 is 0 Å². The molecule has 0 unspecified atom stereocenters. The minimum atomic E-state index is -0.182. The molecule has 0 atom stereocenters. The van der Waals surface area contributed by atoms with Gasteiger partial charge in [0.05, 0.1) is 5.69 Å². The van der Waals surface area contributed by atoms with Crippen LogP contribution in [-0.4, -0.2) is 46.2 Å². The van der Waals surface area contributed by atoms with E-state index in [9.17, 15) is 4.39 Å². The summed E-state index contributed by atoms with van der Waals surface area (Å²) in [6, 6.07) is 6.80. The van der Waals surface area contributed by atoms with Crippen LogP contribution >= 0.6 is 0 Å². The molecule has 1 saturated heterocycles. The molecule has 2 aromatic heterocycles. The monoisotopic (exact) mass is 341 g/mol. The molecule has 6 nitrogen and oxygen atoms in total. The first-order valence-corrected chi connectivity index (χ1v) is 8.42. The first-order valence-electron chi connectivity index (χ1n) is 8.42. The molecule has 3 heterocycles. The summed E-state index contributed by atoms with van der Waals surface area (Å²) in [5.74, 6) is 1.39. The van der Waals surface area contributed by atoms with Gasteiger partial charge in [0.25, 0.3) is 5.71 Å². The van der Waals surface area contributed by atoms with E-state index < -0.39 is 0 Å². The van der Waals surface area contributed by atoms with E-state index in [1.807, 2.05) is 19.9 Å². The van der Waals surface area contributed by atoms with Crippen molar-refractivity contribution >= 4 is 16.9 Å². The molecule has 0 radical (unpaired) electrons. The molecular weight excluding hydrogens is 321 g/mol. The molecule has 1 aromatic carbocycles. The van der Waals surface area contributed by atoms with E-state index in [-0.39, 0.29) is 5.82 Å². The Hall–Kier alpha value is -2.54. The topological polar surface area (TPSA) is 58.3 Å². The van der Waals surface area contributed by atoms with Crippen molar-refractivity contribution in [1.29, 1.82) is 0 Å². The molecule has 7 heteroatoms. The molecule has 3 aromatic rings. The first-order chi connectivity index (χ1) is 12.1. The summed E-state index contributed by atoms with van der Waals surface area (Å²) in [5.41, 5.74) is 2.36. The van der Waals surface area contributed by atoms with Crippen LogP contribution in [0.2, 0.25) is 0 Å². The van der Waals surface area contributed by atoms with Gasteiger partial charge in [0.2, 0.25) is 0 Å². The van der Waals surface area contributed by atoms with Crippen LogP contribution in [0.4, 0.5) is 10.2 Å². The predicted octanol–water partition coefficient (Wildman–Crippen LogP) is 2.70. The number of halogens is 1. The Morgan fingerprint density at radius 1 is 1.12 bits per heavy atom. The quantitative estimate of drug-likeness (QED) is 0.730. The minimum absolute atomic E-state index is 0.182. The molecule has 4 rings (SSSR count). The van der Waals surface area contributed by atoms with E-state index in [1.165, 1.54) is 6.07 Å². The largest absolute Gasteiger partial charge is 0.353 e. The molecule has 0 spiro atoms. The zero-order valence-corrected chi connectivity index (χ0v) is 14.4. The Labute approximate surface area is 145 Å². The molecule has 130 valence electrons. The average molecular weight is 341 g/mol. The van der Waals surface area contributed by atoms with Gasteiger partial charge in [0.15, 0.2) is 0 Å². The summed E-state index contributed by atoms with van der Waals surface area (Å²) >= 11 is 0.